The summed E-state index contributed by atoms with van der Waals surface area (Å²) in [7, 11) is 0. The van der Waals surface area contributed by atoms with Crippen molar-refractivity contribution >= 4 is 39.9 Å². The molecule has 1 aromatic heterocycles. The van der Waals surface area contributed by atoms with Crippen LogP contribution in [0.1, 0.15) is 19.3 Å². The summed E-state index contributed by atoms with van der Waals surface area (Å²) in [4.78, 5) is 29.1. The topological polar surface area (TPSA) is 75.6 Å². The Hall–Kier alpha value is -3.19. The van der Waals surface area contributed by atoms with Crippen molar-refractivity contribution < 1.29 is 14.3 Å². The van der Waals surface area contributed by atoms with Crippen LogP contribution in [0.4, 0.5) is 5.69 Å². The molecule has 2 fully saturated rings. The maximum atomic E-state index is 13.1. The molecule has 164 valence electrons. The molecule has 5 rings (SSSR count). The minimum atomic E-state index is -0.320. The number of anilines is 1. The first-order valence-corrected chi connectivity index (χ1v) is 11.2. The lowest BCUT2D eigenvalue weighted by Crippen LogP contribution is -2.45. The van der Waals surface area contributed by atoms with Gasteiger partial charge in [-0.15, -0.1) is 5.10 Å². The van der Waals surface area contributed by atoms with E-state index in [1.807, 2.05) is 41.3 Å². The molecule has 1 atom stereocenters. The van der Waals surface area contributed by atoms with E-state index < -0.39 is 0 Å². The van der Waals surface area contributed by atoms with Crippen LogP contribution < -0.4 is 9.64 Å². The molecule has 2 aliphatic rings. The minimum Gasteiger partial charge on any atom is -0.473 e. The fraction of sp³-hybridized carbons (Fsp3) is 0.333. The van der Waals surface area contributed by atoms with Crippen molar-refractivity contribution in [2.45, 2.75) is 25.4 Å². The Morgan fingerprint density at radius 1 is 1.06 bits per heavy atom. The van der Waals surface area contributed by atoms with E-state index in [-0.39, 0.29) is 30.3 Å². The number of aromatic nitrogens is 2. The highest BCUT2D eigenvalue weighted by Crippen LogP contribution is 2.29. The largest absolute Gasteiger partial charge is 0.473 e. The van der Waals surface area contributed by atoms with Gasteiger partial charge in [0.05, 0.1) is 12.1 Å². The van der Waals surface area contributed by atoms with E-state index in [1.54, 1.807) is 23.2 Å². The number of hydrogen-bond acceptors (Lipinski definition) is 5. The number of rotatable bonds is 4. The average Bonchev–Trinajstić information content (AvgIpc) is 3.21. The van der Waals surface area contributed by atoms with Crippen molar-refractivity contribution in [3.63, 3.8) is 0 Å². The molecule has 0 saturated carbocycles. The third kappa shape index (κ3) is 4.12. The summed E-state index contributed by atoms with van der Waals surface area (Å²) in [5.41, 5.74) is 0.776. The van der Waals surface area contributed by atoms with E-state index in [0.717, 1.165) is 29.3 Å². The molecule has 0 spiro atoms. The molecule has 2 saturated heterocycles. The molecule has 3 aromatic rings. The quantitative estimate of drug-likeness (QED) is 0.605. The highest BCUT2D eigenvalue weighted by molar-refractivity contribution is 6.30. The van der Waals surface area contributed by atoms with E-state index in [4.69, 9.17) is 16.3 Å². The summed E-state index contributed by atoms with van der Waals surface area (Å²) in [6.45, 7) is 1.61. The maximum Gasteiger partial charge on any atom is 0.241 e. The standard InChI is InChI=1S/C24H23ClN4O3/c25-18-5-7-19(8-6-18)29-15-17(13-22(29)30)24(31)28-11-9-20(10-12-28)32-23-21-4-2-1-3-16(21)14-26-27-23/h1-8,14,17,20H,9-13,15H2. The summed E-state index contributed by atoms with van der Waals surface area (Å²) in [6, 6.07) is 15.0. The van der Waals surface area contributed by atoms with E-state index in [0.29, 0.717) is 30.5 Å². The van der Waals surface area contributed by atoms with Gasteiger partial charge >= 0.3 is 0 Å². The number of benzene rings is 2. The second-order valence-corrected chi connectivity index (χ2v) is 8.70. The third-order valence-corrected chi connectivity index (χ3v) is 6.43. The van der Waals surface area contributed by atoms with Gasteiger partial charge in [0.1, 0.15) is 6.10 Å². The zero-order chi connectivity index (χ0) is 22.1. The van der Waals surface area contributed by atoms with Crippen molar-refractivity contribution in [3.8, 4) is 5.88 Å². The lowest BCUT2D eigenvalue weighted by Gasteiger charge is -2.33. The van der Waals surface area contributed by atoms with Gasteiger partial charge in [0.15, 0.2) is 0 Å². The Kier molecular flexibility index (Phi) is 5.66. The number of amides is 2. The Bertz CT molecular complexity index is 1140. The van der Waals surface area contributed by atoms with Crippen molar-refractivity contribution in [1.29, 1.82) is 0 Å². The van der Waals surface area contributed by atoms with Gasteiger partial charge in [0.25, 0.3) is 0 Å². The molecule has 0 bridgehead atoms. The zero-order valence-electron chi connectivity index (χ0n) is 17.5. The molecular formula is C24H23ClN4O3. The zero-order valence-corrected chi connectivity index (χ0v) is 18.2. The van der Waals surface area contributed by atoms with Gasteiger partial charge in [0.2, 0.25) is 17.7 Å². The van der Waals surface area contributed by atoms with Gasteiger partial charge in [-0.25, -0.2) is 0 Å². The van der Waals surface area contributed by atoms with Crippen LogP contribution in [0.2, 0.25) is 5.02 Å². The third-order valence-electron chi connectivity index (χ3n) is 6.18. The second kappa shape index (κ2) is 8.74. The van der Waals surface area contributed by atoms with E-state index >= 15 is 0 Å². The van der Waals surface area contributed by atoms with Gasteiger partial charge < -0.3 is 14.5 Å². The fourth-order valence-electron chi connectivity index (χ4n) is 4.44. The number of halogens is 1. The maximum absolute atomic E-state index is 13.1. The molecule has 1 unspecified atom stereocenters. The van der Waals surface area contributed by atoms with E-state index in [1.165, 1.54) is 0 Å². The first kappa shape index (κ1) is 20.7. The second-order valence-electron chi connectivity index (χ2n) is 8.26. The highest BCUT2D eigenvalue weighted by Gasteiger charge is 2.38. The number of hydrogen-bond donors (Lipinski definition) is 0. The van der Waals surface area contributed by atoms with E-state index in [2.05, 4.69) is 10.2 Å². The lowest BCUT2D eigenvalue weighted by molar-refractivity contribution is -0.137. The van der Waals surface area contributed by atoms with Gasteiger partial charge in [-0.2, -0.15) is 5.10 Å². The highest BCUT2D eigenvalue weighted by atomic mass is 35.5. The normalized spacial score (nSPS) is 19.5. The van der Waals surface area contributed by atoms with Gasteiger partial charge in [0, 0.05) is 60.4 Å². The lowest BCUT2D eigenvalue weighted by atomic mass is 10.0. The van der Waals surface area contributed by atoms with Crippen LogP contribution >= 0.6 is 11.6 Å². The van der Waals surface area contributed by atoms with Gasteiger partial charge in [-0.1, -0.05) is 29.8 Å². The number of fused-ring (bicyclic) bond motifs is 1. The van der Waals surface area contributed by atoms with Crippen molar-refractivity contribution in [1.82, 2.24) is 15.1 Å². The van der Waals surface area contributed by atoms with Crippen molar-refractivity contribution in [3.05, 3.63) is 59.8 Å². The first-order chi connectivity index (χ1) is 15.6. The predicted octanol–water partition coefficient (Wildman–Crippen LogP) is 3.71. The molecule has 32 heavy (non-hydrogen) atoms. The summed E-state index contributed by atoms with van der Waals surface area (Å²) in [5, 5.41) is 10.7. The number of nitrogens with zero attached hydrogens (tertiary/aromatic N) is 4. The van der Waals surface area contributed by atoms with Crippen LogP contribution in [0.3, 0.4) is 0 Å². The Morgan fingerprint density at radius 3 is 2.59 bits per heavy atom. The monoisotopic (exact) mass is 450 g/mol. The predicted molar refractivity (Wildman–Crippen MR) is 122 cm³/mol. The van der Waals surface area contributed by atoms with Crippen LogP contribution in [0.5, 0.6) is 5.88 Å². The SMILES string of the molecule is O=C(C1CC(=O)N(c2ccc(Cl)cc2)C1)N1CCC(Oc2nncc3ccccc23)CC1. The van der Waals surface area contributed by atoms with E-state index in [9.17, 15) is 9.59 Å². The summed E-state index contributed by atoms with van der Waals surface area (Å²) < 4.78 is 6.14. The summed E-state index contributed by atoms with van der Waals surface area (Å²) >= 11 is 5.95. The van der Waals surface area contributed by atoms with Gasteiger partial charge in [-0.05, 0) is 30.3 Å². The number of carbonyl (C=O) groups excluding carboxylic acids is 2. The molecular weight excluding hydrogens is 428 g/mol. The van der Waals surface area contributed by atoms with Crippen LogP contribution in [0.25, 0.3) is 10.8 Å². The molecule has 2 aliphatic heterocycles. The molecule has 0 N–H and O–H groups in total. The number of piperidine rings is 1. The Balaban J connectivity index is 1.19. The fourth-order valence-corrected chi connectivity index (χ4v) is 4.57. The Labute approximate surface area is 190 Å². The molecule has 2 amide bonds. The van der Waals surface area contributed by atoms with Crippen molar-refractivity contribution in [2.75, 3.05) is 24.5 Å². The minimum absolute atomic E-state index is 0.0186. The summed E-state index contributed by atoms with van der Waals surface area (Å²) in [5.74, 6) is 0.226. The molecule has 2 aromatic carbocycles. The van der Waals surface area contributed by atoms with Crippen LogP contribution in [0, 0.1) is 5.92 Å². The van der Waals surface area contributed by atoms with Gasteiger partial charge in [-0.3, -0.25) is 9.59 Å². The number of ether oxygens (including phenoxy) is 1. The van der Waals surface area contributed by atoms with Crippen LogP contribution in [-0.4, -0.2) is 52.6 Å². The number of carbonyl (C=O) groups is 2. The molecule has 8 heteroatoms. The van der Waals surface area contributed by atoms with Crippen LogP contribution in [0.15, 0.2) is 54.7 Å². The smallest absolute Gasteiger partial charge is 0.241 e. The average molecular weight is 451 g/mol. The molecule has 0 radical (unpaired) electrons. The first-order valence-electron chi connectivity index (χ1n) is 10.8. The molecule has 3 heterocycles. The molecule has 7 nitrogen and oxygen atoms in total. The number of likely N-dealkylation sites (tertiary alicyclic amines) is 1. The molecule has 0 aliphatic carbocycles. The Morgan fingerprint density at radius 2 is 1.81 bits per heavy atom. The summed E-state index contributed by atoms with van der Waals surface area (Å²) in [6.07, 6.45) is 3.38. The van der Waals surface area contributed by atoms with Crippen molar-refractivity contribution in [2.24, 2.45) is 5.92 Å². The van der Waals surface area contributed by atoms with Crippen LogP contribution in [-0.2, 0) is 9.59 Å².